The van der Waals surface area contributed by atoms with Crippen LogP contribution in [0.25, 0.3) is 0 Å². The Hall–Kier alpha value is -2.18. The minimum atomic E-state index is -0.934. The zero-order valence-electron chi connectivity index (χ0n) is 11.9. The standard InChI is InChI=1S/C14H19N3O4/c1-2-7-16-21-11-6-3-8-15-14(20)17-9-4-5-10(12(11)17)13(18)19/h6-8,10,12H,2-5,9H2,1H3,(H,18,19). The molecule has 21 heavy (non-hydrogen) atoms. The summed E-state index contributed by atoms with van der Waals surface area (Å²) in [5.41, 5.74) is 0. The Kier molecular flexibility index (Phi) is 5.08. The van der Waals surface area contributed by atoms with Gasteiger partial charge >= 0.3 is 12.0 Å². The normalized spacial score (nSPS) is 26.0. The molecule has 0 bridgehead atoms. The summed E-state index contributed by atoms with van der Waals surface area (Å²) in [4.78, 5) is 34.2. The van der Waals surface area contributed by atoms with Gasteiger partial charge in [0.25, 0.3) is 0 Å². The third-order valence-corrected chi connectivity index (χ3v) is 3.53. The van der Waals surface area contributed by atoms with E-state index in [2.05, 4.69) is 10.1 Å². The van der Waals surface area contributed by atoms with E-state index in [1.165, 1.54) is 11.1 Å². The van der Waals surface area contributed by atoms with Gasteiger partial charge in [-0.25, -0.2) is 9.79 Å². The van der Waals surface area contributed by atoms with Crippen molar-refractivity contribution in [2.45, 2.75) is 38.6 Å². The van der Waals surface area contributed by atoms with Gasteiger partial charge in [0.2, 0.25) is 0 Å². The van der Waals surface area contributed by atoms with Crippen molar-refractivity contribution in [1.82, 2.24) is 4.90 Å². The first-order valence-electron chi connectivity index (χ1n) is 7.10. The molecule has 2 heterocycles. The van der Waals surface area contributed by atoms with Gasteiger partial charge in [0, 0.05) is 25.4 Å². The molecule has 0 aromatic carbocycles. The summed E-state index contributed by atoms with van der Waals surface area (Å²) < 4.78 is 0. The first-order valence-corrected chi connectivity index (χ1v) is 7.10. The first kappa shape index (κ1) is 15.2. The smallest absolute Gasteiger partial charge is 0.343 e. The Bertz CT molecular complexity index is 498. The molecule has 2 atom stereocenters. The molecule has 1 N–H and O–H groups in total. The lowest BCUT2D eigenvalue weighted by atomic mass is 9.87. The van der Waals surface area contributed by atoms with Crippen molar-refractivity contribution in [2.75, 3.05) is 6.54 Å². The highest BCUT2D eigenvalue weighted by molar-refractivity contribution is 5.86. The number of carbonyl (C=O) groups excluding carboxylic acids is 1. The number of aliphatic imine (C=N–C) groups is 1. The van der Waals surface area contributed by atoms with E-state index in [-0.39, 0.29) is 0 Å². The van der Waals surface area contributed by atoms with E-state index in [1.54, 1.807) is 12.3 Å². The number of carbonyl (C=O) groups is 2. The lowest BCUT2D eigenvalue weighted by molar-refractivity contribution is -0.145. The number of carboxylic acid groups (broad SMARTS) is 1. The lowest BCUT2D eigenvalue weighted by Gasteiger charge is -2.38. The van der Waals surface area contributed by atoms with Gasteiger partial charge in [0.15, 0.2) is 5.76 Å². The Morgan fingerprint density at radius 2 is 2.48 bits per heavy atom. The summed E-state index contributed by atoms with van der Waals surface area (Å²) in [5.74, 6) is -1.22. The maximum atomic E-state index is 12.1. The van der Waals surface area contributed by atoms with Crippen molar-refractivity contribution in [3.63, 3.8) is 0 Å². The summed E-state index contributed by atoms with van der Waals surface area (Å²) in [7, 11) is 0. The largest absolute Gasteiger partial charge is 0.481 e. The molecule has 2 aliphatic rings. The molecule has 0 aromatic heterocycles. The predicted molar refractivity (Wildman–Crippen MR) is 77.3 cm³/mol. The second-order valence-electron chi connectivity index (χ2n) is 4.95. The fourth-order valence-corrected chi connectivity index (χ4v) is 2.58. The van der Waals surface area contributed by atoms with Gasteiger partial charge in [-0.3, -0.25) is 4.79 Å². The van der Waals surface area contributed by atoms with Gasteiger partial charge in [-0.1, -0.05) is 12.1 Å². The van der Waals surface area contributed by atoms with Gasteiger partial charge in [-0.15, -0.1) is 0 Å². The number of nitrogens with zero attached hydrogens (tertiary/aromatic N) is 3. The van der Waals surface area contributed by atoms with Gasteiger partial charge in [0.05, 0.1) is 5.92 Å². The average Bonchev–Trinajstić information content (AvgIpc) is 2.47. The van der Waals surface area contributed by atoms with Gasteiger partial charge in [-0.2, -0.15) is 0 Å². The van der Waals surface area contributed by atoms with Gasteiger partial charge in [0.1, 0.15) is 6.04 Å². The number of piperidine rings is 1. The number of aliphatic carboxylic acids is 1. The number of urea groups is 1. The van der Waals surface area contributed by atoms with Gasteiger partial charge in [-0.05, 0) is 25.3 Å². The number of fused-ring (bicyclic) bond motifs is 1. The van der Waals surface area contributed by atoms with Crippen LogP contribution in [-0.2, 0) is 9.63 Å². The average molecular weight is 293 g/mol. The zero-order valence-corrected chi connectivity index (χ0v) is 11.9. The van der Waals surface area contributed by atoms with Crippen molar-refractivity contribution in [1.29, 1.82) is 0 Å². The van der Waals surface area contributed by atoms with E-state index < -0.39 is 24.0 Å². The van der Waals surface area contributed by atoms with Crippen LogP contribution in [0.1, 0.15) is 32.6 Å². The van der Waals surface area contributed by atoms with Crippen LogP contribution in [0, 0.1) is 5.92 Å². The summed E-state index contributed by atoms with van der Waals surface area (Å²) in [5, 5.41) is 13.2. The molecule has 7 nitrogen and oxygen atoms in total. The Labute approximate surface area is 123 Å². The molecule has 1 saturated heterocycles. The number of rotatable bonds is 4. The third-order valence-electron chi connectivity index (χ3n) is 3.53. The van der Waals surface area contributed by atoms with E-state index in [4.69, 9.17) is 4.84 Å². The highest BCUT2D eigenvalue weighted by Gasteiger charge is 2.42. The number of oxime groups is 1. The topological polar surface area (TPSA) is 91.6 Å². The van der Waals surface area contributed by atoms with Crippen molar-refractivity contribution in [3.05, 3.63) is 11.8 Å². The molecule has 2 rings (SSSR count). The molecule has 0 saturated carbocycles. The number of allylic oxidation sites excluding steroid dienone is 1. The van der Waals surface area contributed by atoms with Crippen LogP contribution in [0.3, 0.4) is 0 Å². The van der Waals surface area contributed by atoms with Crippen LogP contribution in [-0.4, -0.2) is 47.0 Å². The van der Waals surface area contributed by atoms with E-state index in [0.717, 1.165) is 0 Å². The summed E-state index contributed by atoms with van der Waals surface area (Å²) >= 11 is 0. The molecule has 2 unspecified atom stereocenters. The number of amides is 2. The summed E-state index contributed by atoms with van der Waals surface area (Å²) in [6.45, 7) is 2.39. The fourth-order valence-electron chi connectivity index (χ4n) is 2.58. The molecular weight excluding hydrogens is 274 g/mol. The van der Waals surface area contributed by atoms with Crippen LogP contribution < -0.4 is 0 Å². The van der Waals surface area contributed by atoms with Crippen molar-refractivity contribution >= 4 is 24.4 Å². The molecule has 0 spiro atoms. The third kappa shape index (κ3) is 3.48. The van der Waals surface area contributed by atoms with E-state index in [0.29, 0.717) is 38.0 Å². The number of carboxylic acids is 1. The summed E-state index contributed by atoms with van der Waals surface area (Å²) in [6, 6.07) is -1.06. The Morgan fingerprint density at radius 3 is 3.19 bits per heavy atom. The van der Waals surface area contributed by atoms with E-state index in [1.807, 2.05) is 6.92 Å². The molecule has 2 aliphatic heterocycles. The van der Waals surface area contributed by atoms with Crippen LogP contribution in [0.4, 0.5) is 4.79 Å². The highest BCUT2D eigenvalue weighted by Crippen LogP contribution is 2.31. The molecule has 1 fully saturated rings. The maximum Gasteiger partial charge on any atom is 0.343 e. The number of hydrogen-bond donors (Lipinski definition) is 1. The molecule has 0 aromatic rings. The van der Waals surface area contributed by atoms with Crippen LogP contribution in [0.2, 0.25) is 0 Å². The highest BCUT2D eigenvalue weighted by atomic mass is 16.6. The Morgan fingerprint density at radius 1 is 1.67 bits per heavy atom. The van der Waals surface area contributed by atoms with Crippen LogP contribution in [0.5, 0.6) is 0 Å². The number of hydrogen-bond acceptors (Lipinski definition) is 4. The second-order valence-corrected chi connectivity index (χ2v) is 4.95. The zero-order chi connectivity index (χ0) is 15.2. The van der Waals surface area contributed by atoms with Gasteiger partial charge < -0.3 is 14.8 Å². The molecule has 0 radical (unpaired) electrons. The molecule has 7 heteroatoms. The lowest BCUT2D eigenvalue weighted by Crippen LogP contribution is -2.51. The minimum Gasteiger partial charge on any atom is -0.481 e. The SMILES string of the molecule is CCC=NOC1=CCC=NC(=O)N2CCCC(C(=O)O)C12. The second kappa shape index (κ2) is 7.01. The molecule has 114 valence electrons. The fraction of sp³-hybridized carbons (Fsp3) is 0.571. The monoisotopic (exact) mass is 293 g/mol. The maximum absolute atomic E-state index is 12.1. The minimum absolute atomic E-state index is 0.409. The molecule has 2 amide bonds. The molecule has 0 aliphatic carbocycles. The van der Waals surface area contributed by atoms with E-state index >= 15 is 0 Å². The Balaban J connectivity index is 2.33. The van der Waals surface area contributed by atoms with Crippen molar-refractivity contribution in [3.8, 4) is 0 Å². The van der Waals surface area contributed by atoms with Crippen molar-refractivity contribution < 1.29 is 19.5 Å². The van der Waals surface area contributed by atoms with E-state index in [9.17, 15) is 14.7 Å². The summed E-state index contributed by atoms with van der Waals surface area (Å²) in [6.07, 6.45) is 7.10. The van der Waals surface area contributed by atoms with Crippen LogP contribution in [0.15, 0.2) is 22.0 Å². The first-order chi connectivity index (χ1) is 10.1. The van der Waals surface area contributed by atoms with Crippen molar-refractivity contribution in [2.24, 2.45) is 16.1 Å². The van der Waals surface area contributed by atoms with Crippen LogP contribution >= 0.6 is 0 Å². The predicted octanol–water partition coefficient (Wildman–Crippen LogP) is 2.04. The quantitative estimate of drug-likeness (QED) is 0.634. The molecular formula is C14H19N3O4.